The SMILES string of the molecule is Cc1ccc(N2CC(C)NCc3ccccc32)c(Br)c1. The molecule has 0 saturated carbocycles. The van der Waals surface area contributed by atoms with Gasteiger partial charge in [-0.05, 0) is 59.1 Å². The van der Waals surface area contributed by atoms with Gasteiger partial charge in [-0.3, -0.25) is 0 Å². The Morgan fingerprint density at radius 1 is 1.15 bits per heavy atom. The summed E-state index contributed by atoms with van der Waals surface area (Å²) in [4.78, 5) is 2.41. The zero-order valence-electron chi connectivity index (χ0n) is 11.9. The third kappa shape index (κ3) is 2.60. The summed E-state index contributed by atoms with van der Waals surface area (Å²) in [6.45, 7) is 6.26. The maximum Gasteiger partial charge on any atom is 0.0555 e. The van der Waals surface area contributed by atoms with E-state index >= 15 is 0 Å². The zero-order chi connectivity index (χ0) is 14.1. The summed E-state index contributed by atoms with van der Waals surface area (Å²) < 4.78 is 1.15. The molecule has 104 valence electrons. The van der Waals surface area contributed by atoms with Crippen molar-refractivity contribution in [1.29, 1.82) is 0 Å². The van der Waals surface area contributed by atoms with Crippen LogP contribution in [0.2, 0.25) is 0 Å². The van der Waals surface area contributed by atoms with Crippen LogP contribution in [0.15, 0.2) is 46.9 Å². The Labute approximate surface area is 128 Å². The van der Waals surface area contributed by atoms with E-state index in [0.717, 1.165) is 17.6 Å². The van der Waals surface area contributed by atoms with Crippen LogP contribution in [0.5, 0.6) is 0 Å². The Kier molecular flexibility index (Phi) is 3.81. The lowest BCUT2D eigenvalue weighted by Gasteiger charge is -2.27. The molecule has 0 aliphatic carbocycles. The van der Waals surface area contributed by atoms with Crippen LogP contribution in [0.3, 0.4) is 0 Å². The molecule has 0 saturated heterocycles. The van der Waals surface area contributed by atoms with Crippen LogP contribution in [0.25, 0.3) is 0 Å². The largest absolute Gasteiger partial charge is 0.339 e. The normalized spacial score (nSPS) is 18.6. The molecule has 2 nitrogen and oxygen atoms in total. The highest BCUT2D eigenvalue weighted by molar-refractivity contribution is 9.10. The number of aryl methyl sites for hydroxylation is 1. The van der Waals surface area contributed by atoms with Crippen molar-refractivity contribution in [3.63, 3.8) is 0 Å². The second-order valence-electron chi connectivity index (χ2n) is 5.48. The topological polar surface area (TPSA) is 15.3 Å². The van der Waals surface area contributed by atoms with Gasteiger partial charge in [-0.1, -0.05) is 24.3 Å². The fourth-order valence-electron chi connectivity index (χ4n) is 2.70. The average Bonchev–Trinajstić information content (AvgIpc) is 2.59. The highest BCUT2D eigenvalue weighted by Crippen LogP contribution is 2.35. The Hall–Kier alpha value is -1.32. The molecule has 1 unspecified atom stereocenters. The van der Waals surface area contributed by atoms with Gasteiger partial charge in [-0.2, -0.15) is 0 Å². The summed E-state index contributed by atoms with van der Waals surface area (Å²) in [5.41, 5.74) is 5.16. The first-order chi connectivity index (χ1) is 9.65. The lowest BCUT2D eigenvalue weighted by atomic mass is 10.1. The van der Waals surface area contributed by atoms with Gasteiger partial charge in [-0.15, -0.1) is 0 Å². The number of nitrogens with one attached hydrogen (secondary N) is 1. The number of halogens is 1. The van der Waals surface area contributed by atoms with E-state index in [1.165, 1.54) is 22.5 Å². The van der Waals surface area contributed by atoms with Crippen molar-refractivity contribution in [3.05, 3.63) is 58.1 Å². The number of hydrogen-bond acceptors (Lipinski definition) is 2. The summed E-state index contributed by atoms with van der Waals surface area (Å²) in [7, 11) is 0. The summed E-state index contributed by atoms with van der Waals surface area (Å²) in [6.07, 6.45) is 0. The standard InChI is InChI=1S/C17H19BrN2/c1-12-7-8-17(15(18)9-12)20-11-13(2)19-10-14-5-3-4-6-16(14)20/h3-9,13,19H,10-11H2,1-2H3. The molecule has 1 atom stereocenters. The van der Waals surface area contributed by atoms with Gasteiger partial charge in [0.1, 0.15) is 0 Å². The molecule has 2 aromatic rings. The Bertz CT molecular complexity index is 624. The number of nitrogens with zero attached hydrogens (tertiary/aromatic N) is 1. The quantitative estimate of drug-likeness (QED) is 0.834. The molecule has 1 heterocycles. The molecular weight excluding hydrogens is 312 g/mol. The van der Waals surface area contributed by atoms with E-state index in [1.807, 2.05) is 0 Å². The van der Waals surface area contributed by atoms with E-state index in [9.17, 15) is 0 Å². The maximum atomic E-state index is 3.72. The number of fused-ring (bicyclic) bond motifs is 1. The number of rotatable bonds is 1. The van der Waals surface area contributed by atoms with Gasteiger partial charge in [0, 0.05) is 29.3 Å². The minimum absolute atomic E-state index is 0.454. The molecule has 0 amide bonds. The van der Waals surface area contributed by atoms with Crippen molar-refractivity contribution in [2.75, 3.05) is 11.4 Å². The summed E-state index contributed by atoms with van der Waals surface area (Å²) in [5.74, 6) is 0. The van der Waals surface area contributed by atoms with E-state index in [2.05, 4.69) is 82.5 Å². The minimum atomic E-state index is 0.454. The smallest absolute Gasteiger partial charge is 0.0555 e. The van der Waals surface area contributed by atoms with Crippen molar-refractivity contribution >= 4 is 27.3 Å². The van der Waals surface area contributed by atoms with E-state index in [0.29, 0.717) is 6.04 Å². The highest BCUT2D eigenvalue weighted by atomic mass is 79.9. The molecule has 3 heteroatoms. The lowest BCUT2D eigenvalue weighted by molar-refractivity contribution is 0.568. The molecule has 3 rings (SSSR count). The van der Waals surface area contributed by atoms with Crippen molar-refractivity contribution in [2.45, 2.75) is 26.4 Å². The summed E-state index contributed by atoms with van der Waals surface area (Å²) >= 11 is 3.72. The van der Waals surface area contributed by atoms with Gasteiger partial charge >= 0.3 is 0 Å². The fraction of sp³-hybridized carbons (Fsp3) is 0.294. The molecule has 2 aromatic carbocycles. The van der Waals surface area contributed by atoms with E-state index < -0.39 is 0 Å². The summed E-state index contributed by atoms with van der Waals surface area (Å²) in [6, 6.07) is 15.6. The summed E-state index contributed by atoms with van der Waals surface area (Å²) in [5, 5.41) is 3.57. The van der Waals surface area contributed by atoms with Gasteiger partial charge in [0.2, 0.25) is 0 Å². The van der Waals surface area contributed by atoms with Gasteiger partial charge in [0.25, 0.3) is 0 Å². The number of anilines is 2. The average molecular weight is 331 g/mol. The Morgan fingerprint density at radius 2 is 1.95 bits per heavy atom. The molecule has 0 bridgehead atoms. The van der Waals surface area contributed by atoms with Gasteiger partial charge in [0.15, 0.2) is 0 Å². The molecule has 0 aromatic heterocycles. The van der Waals surface area contributed by atoms with Crippen molar-refractivity contribution < 1.29 is 0 Å². The Balaban J connectivity index is 2.10. The van der Waals surface area contributed by atoms with Crippen LogP contribution >= 0.6 is 15.9 Å². The molecule has 1 N–H and O–H groups in total. The molecule has 1 aliphatic rings. The molecular formula is C17H19BrN2. The lowest BCUT2D eigenvalue weighted by Crippen LogP contribution is -2.33. The highest BCUT2D eigenvalue weighted by Gasteiger charge is 2.21. The molecule has 0 fully saturated rings. The number of hydrogen-bond donors (Lipinski definition) is 1. The van der Waals surface area contributed by atoms with Crippen LogP contribution < -0.4 is 10.2 Å². The first-order valence-electron chi connectivity index (χ1n) is 7.00. The van der Waals surface area contributed by atoms with E-state index in [1.54, 1.807) is 0 Å². The van der Waals surface area contributed by atoms with Gasteiger partial charge in [-0.25, -0.2) is 0 Å². The minimum Gasteiger partial charge on any atom is -0.339 e. The monoisotopic (exact) mass is 330 g/mol. The van der Waals surface area contributed by atoms with Gasteiger partial charge in [0.05, 0.1) is 5.69 Å². The number of benzene rings is 2. The molecule has 1 aliphatic heterocycles. The predicted octanol–water partition coefficient (Wildman–Crippen LogP) is 4.39. The first-order valence-corrected chi connectivity index (χ1v) is 7.79. The van der Waals surface area contributed by atoms with Gasteiger partial charge < -0.3 is 10.2 Å². The first kappa shape index (κ1) is 13.7. The third-order valence-electron chi connectivity index (χ3n) is 3.77. The van der Waals surface area contributed by atoms with Crippen LogP contribution in [-0.4, -0.2) is 12.6 Å². The van der Waals surface area contributed by atoms with Crippen molar-refractivity contribution in [1.82, 2.24) is 5.32 Å². The third-order valence-corrected chi connectivity index (χ3v) is 4.41. The fourth-order valence-corrected chi connectivity index (χ4v) is 3.41. The predicted molar refractivity (Wildman–Crippen MR) is 88.6 cm³/mol. The number of para-hydroxylation sites is 1. The zero-order valence-corrected chi connectivity index (χ0v) is 13.4. The van der Waals surface area contributed by atoms with Crippen LogP contribution in [-0.2, 0) is 6.54 Å². The molecule has 0 radical (unpaired) electrons. The molecule has 20 heavy (non-hydrogen) atoms. The maximum absolute atomic E-state index is 3.72. The molecule has 0 spiro atoms. The van der Waals surface area contributed by atoms with Crippen LogP contribution in [0, 0.1) is 6.92 Å². The van der Waals surface area contributed by atoms with Crippen molar-refractivity contribution in [3.8, 4) is 0 Å². The van der Waals surface area contributed by atoms with Crippen molar-refractivity contribution in [2.24, 2.45) is 0 Å². The van der Waals surface area contributed by atoms with Crippen LogP contribution in [0.4, 0.5) is 11.4 Å². The second-order valence-corrected chi connectivity index (χ2v) is 6.33. The van der Waals surface area contributed by atoms with E-state index in [4.69, 9.17) is 0 Å². The second kappa shape index (κ2) is 5.58. The van der Waals surface area contributed by atoms with E-state index in [-0.39, 0.29) is 0 Å². The van der Waals surface area contributed by atoms with Crippen LogP contribution in [0.1, 0.15) is 18.1 Å². The Morgan fingerprint density at radius 3 is 2.75 bits per heavy atom.